The molecule has 0 aromatic rings. The van der Waals surface area contributed by atoms with Crippen LogP contribution in [0.15, 0.2) is 0 Å². The molecule has 2 N–H and O–H groups in total. The molecular formula is C11H19NO2. The Kier molecular flexibility index (Phi) is 4.95. The molecule has 0 aromatic heterocycles. The summed E-state index contributed by atoms with van der Waals surface area (Å²) in [7, 11) is 0. The molecule has 0 atom stereocenters. The molecule has 0 aromatic carbocycles. The summed E-state index contributed by atoms with van der Waals surface area (Å²) >= 11 is 0. The van der Waals surface area contributed by atoms with Gasteiger partial charge in [0, 0.05) is 31.7 Å². The van der Waals surface area contributed by atoms with Crippen molar-refractivity contribution in [2.75, 3.05) is 26.4 Å². The van der Waals surface area contributed by atoms with Crippen LogP contribution in [0, 0.1) is 11.8 Å². The molecule has 0 saturated carbocycles. The second kappa shape index (κ2) is 6.02. The van der Waals surface area contributed by atoms with Gasteiger partial charge in [-0.1, -0.05) is 0 Å². The fourth-order valence-electron chi connectivity index (χ4n) is 1.67. The minimum absolute atomic E-state index is 0.117. The molecule has 14 heavy (non-hydrogen) atoms. The molecule has 80 valence electrons. The minimum Gasteiger partial charge on any atom is -0.394 e. The fourth-order valence-corrected chi connectivity index (χ4v) is 1.67. The van der Waals surface area contributed by atoms with Gasteiger partial charge in [-0.25, -0.2) is 0 Å². The van der Waals surface area contributed by atoms with Crippen LogP contribution in [0.2, 0.25) is 0 Å². The van der Waals surface area contributed by atoms with Crippen molar-refractivity contribution in [1.82, 2.24) is 5.32 Å². The van der Waals surface area contributed by atoms with E-state index in [1.807, 2.05) is 6.92 Å². The molecule has 3 nitrogen and oxygen atoms in total. The number of hydrogen-bond donors (Lipinski definition) is 2. The minimum atomic E-state index is -0.117. The van der Waals surface area contributed by atoms with E-state index in [1.165, 1.54) is 0 Å². The molecule has 1 rings (SSSR count). The van der Waals surface area contributed by atoms with E-state index in [-0.39, 0.29) is 12.1 Å². The van der Waals surface area contributed by atoms with Crippen LogP contribution < -0.4 is 5.32 Å². The number of hydrogen-bond acceptors (Lipinski definition) is 3. The highest BCUT2D eigenvalue weighted by Gasteiger charge is 2.30. The lowest BCUT2D eigenvalue weighted by atomic mass is 9.91. The lowest BCUT2D eigenvalue weighted by Gasteiger charge is -2.36. The van der Waals surface area contributed by atoms with E-state index in [0.29, 0.717) is 0 Å². The van der Waals surface area contributed by atoms with Crippen molar-refractivity contribution in [1.29, 1.82) is 0 Å². The molecule has 3 heteroatoms. The van der Waals surface area contributed by atoms with Gasteiger partial charge in [-0.15, -0.1) is 11.8 Å². The Labute approximate surface area is 85.8 Å². The first-order chi connectivity index (χ1) is 6.83. The topological polar surface area (TPSA) is 41.5 Å². The Balaban J connectivity index is 2.31. The van der Waals surface area contributed by atoms with Gasteiger partial charge in [0.25, 0.3) is 0 Å². The van der Waals surface area contributed by atoms with E-state index in [4.69, 9.17) is 4.74 Å². The highest BCUT2D eigenvalue weighted by atomic mass is 16.5. The summed E-state index contributed by atoms with van der Waals surface area (Å²) in [6.45, 7) is 4.37. The van der Waals surface area contributed by atoms with Crippen LogP contribution in [-0.2, 0) is 4.74 Å². The SMILES string of the molecule is CC#CCCNC1(CO)CCOCC1. The van der Waals surface area contributed by atoms with E-state index < -0.39 is 0 Å². The van der Waals surface area contributed by atoms with Crippen LogP contribution in [0.3, 0.4) is 0 Å². The summed E-state index contributed by atoms with van der Waals surface area (Å²) < 4.78 is 5.27. The van der Waals surface area contributed by atoms with E-state index in [0.717, 1.165) is 39.0 Å². The quantitative estimate of drug-likeness (QED) is 0.510. The molecule has 1 aliphatic heterocycles. The van der Waals surface area contributed by atoms with Crippen LogP contribution in [0.25, 0.3) is 0 Å². The third kappa shape index (κ3) is 3.30. The third-order valence-corrected chi connectivity index (χ3v) is 2.68. The number of nitrogens with one attached hydrogen (secondary N) is 1. The number of rotatable bonds is 4. The van der Waals surface area contributed by atoms with Crippen molar-refractivity contribution >= 4 is 0 Å². The lowest BCUT2D eigenvalue weighted by Crippen LogP contribution is -2.52. The highest BCUT2D eigenvalue weighted by molar-refractivity contribution is 4.97. The molecule has 0 amide bonds. The molecule has 1 aliphatic rings. The van der Waals surface area contributed by atoms with Crippen LogP contribution in [0.5, 0.6) is 0 Å². The smallest absolute Gasteiger partial charge is 0.0615 e. The maximum Gasteiger partial charge on any atom is 0.0615 e. The summed E-state index contributed by atoms with van der Waals surface area (Å²) in [5.41, 5.74) is -0.117. The zero-order valence-electron chi connectivity index (χ0n) is 8.81. The van der Waals surface area contributed by atoms with E-state index >= 15 is 0 Å². The second-order valence-corrected chi connectivity index (χ2v) is 3.65. The van der Waals surface area contributed by atoms with Gasteiger partial charge in [0.1, 0.15) is 0 Å². The molecule has 0 radical (unpaired) electrons. The molecule has 0 unspecified atom stereocenters. The maximum absolute atomic E-state index is 9.34. The second-order valence-electron chi connectivity index (χ2n) is 3.65. The van der Waals surface area contributed by atoms with Crippen molar-refractivity contribution in [3.05, 3.63) is 0 Å². The molecular weight excluding hydrogens is 178 g/mol. The first kappa shape index (κ1) is 11.5. The Morgan fingerprint density at radius 2 is 2.14 bits per heavy atom. The fraction of sp³-hybridized carbons (Fsp3) is 0.818. The zero-order chi connectivity index (χ0) is 10.3. The van der Waals surface area contributed by atoms with Crippen molar-refractivity contribution < 1.29 is 9.84 Å². The first-order valence-corrected chi connectivity index (χ1v) is 5.16. The van der Waals surface area contributed by atoms with Gasteiger partial charge in [0.05, 0.1) is 6.61 Å². The van der Waals surface area contributed by atoms with Crippen molar-refractivity contribution in [2.24, 2.45) is 0 Å². The number of ether oxygens (including phenoxy) is 1. The van der Waals surface area contributed by atoms with E-state index in [1.54, 1.807) is 0 Å². The zero-order valence-corrected chi connectivity index (χ0v) is 8.81. The molecule has 1 fully saturated rings. The maximum atomic E-state index is 9.34. The van der Waals surface area contributed by atoms with Gasteiger partial charge in [-0.2, -0.15) is 0 Å². The van der Waals surface area contributed by atoms with Crippen molar-refractivity contribution in [3.8, 4) is 11.8 Å². The van der Waals surface area contributed by atoms with Crippen molar-refractivity contribution in [2.45, 2.75) is 31.7 Å². The Morgan fingerprint density at radius 3 is 2.71 bits per heavy atom. The molecule has 0 bridgehead atoms. The molecule has 0 aliphatic carbocycles. The van der Waals surface area contributed by atoms with Crippen LogP contribution in [-0.4, -0.2) is 37.0 Å². The summed E-state index contributed by atoms with van der Waals surface area (Å²) in [4.78, 5) is 0. The standard InChI is InChI=1S/C11H19NO2/c1-2-3-4-7-12-11(10-13)5-8-14-9-6-11/h12-13H,4-10H2,1H3. The monoisotopic (exact) mass is 197 g/mol. The summed E-state index contributed by atoms with van der Waals surface area (Å²) in [5.74, 6) is 5.86. The largest absolute Gasteiger partial charge is 0.394 e. The van der Waals surface area contributed by atoms with Gasteiger partial charge in [0.15, 0.2) is 0 Å². The van der Waals surface area contributed by atoms with Gasteiger partial charge in [0.2, 0.25) is 0 Å². The molecule has 1 heterocycles. The summed E-state index contributed by atoms with van der Waals surface area (Å²) in [6.07, 6.45) is 2.63. The van der Waals surface area contributed by atoms with Gasteiger partial charge in [-0.3, -0.25) is 0 Å². The summed E-state index contributed by atoms with van der Waals surface area (Å²) in [6, 6.07) is 0. The number of aliphatic hydroxyl groups is 1. The van der Waals surface area contributed by atoms with Crippen LogP contribution in [0.4, 0.5) is 0 Å². The van der Waals surface area contributed by atoms with Gasteiger partial charge in [-0.05, 0) is 19.8 Å². The number of aliphatic hydroxyl groups excluding tert-OH is 1. The van der Waals surface area contributed by atoms with Crippen LogP contribution in [0.1, 0.15) is 26.2 Å². The van der Waals surface area contributed by atoms with Crippen molar-refractivity contribution in [3.63, 3.8) is 0 Å². The third-order valence-electron chi connectivity index (χ3n) is 2.68. The van der Waals surface area contributed by atoms with Crippen LogP contribution >= 0.6 is 0 Å². The average molecular weight is 197 g/mol. The van der Waals surface area contributed by atoms with Gasteiger partial charge >= 0.3 is 0 Å². The van der Waals surface area contributed by atoms with E-state index in [9.17, 15) is 5.11 Å². The predicted octanol–water partition coefficient (Wildman–Crippen LogP) is 0.531. The Hall–Kier alpha value is -0.560. The first-order valence-electron chi connectivity index (χ1n) is 5.16. The summed E-state index contributed by atoms with van der Waals surface area (Å²) in [5, 5.41) is 12.7. The normalized spacial score (nSPS) is 19.9. The highest BCUT2D eigenvalue weighted by Crippen LogP contribution is 2.19. The van der Waals surface area contributed by atoms with E-state index in [2.05, 4.69) is 17.2 Å². The van der Waals surface area contributed by atoms with Gasteiger partial charge < -0.3 is 15.2 Å². The Morgan fingerprint density at radius 1 is 1.43 bits per heavy atom. The average Bonchev–Trinajstić information content (AvgIpc) is 2.26. The molecule has 1 saturated heterocycles. The molecule has 0 spiro atoms. The predicted molar refractivity (Wildman–Crippen MR) is 55.9 cm³/mol. The Bertz CT molecular complexity index is 211. The lowest BCUT2D eigenvalue weighted by molar-refractivity contribution is 0.0125.